The first-order valence-corrected chi connectivity index (χ1v) is 10.6. The second-order valence-electron chi connectivity index (χ2n) is 8.15. The number of likely N-dealkylation sites (tertiary alicyclic amines) is 1. The van der Waals surface area contributed by atoms with Crippen LogP contribution in [0.3, 0.4) is 0 Å². The SMILES string of the molecule is O=C(c1cccn2cnnc12)N1CCC2(CC1)OCCc1cn(-c3ccccc3)nc12. The van der Waals surface area contributed by atoms with Crippen LogP contribution in [0.2, 0.25) is 0 Å². The number of amides is 1. The van der Waals surface area contributed by atoms with Gasteiger partial charge in [-0.05, 0) is 49.1 Å². The Kier molecular flexibility index (Phi) is 4.14. The topological polar surface area (TPSA) is 77.5 Å². The quantitative estimate of drug-likeness (QED) is 0.504. The molecule has 31 heavy (non-hydrogen) atoms. The molecule has 1 fully saturated rings. The van der Waals surface area contributed by atoms with E-state index in [9.17, 15) is 4.79 Å². The van der Waals surface area contributed by atoms with Crippen molar-refractivity contribution in [2.24, 2.45) is 0 Å². The van der Waals surface area contributed by atoms with Crippen molar-refractivity contribution in [3.63, 3.8) is 0 Å². The smallest absolute Gasteiger partial charge is 0.257 e. The van der Waals surface area contributed by atoms with E-state index < -0.39 is 5.60 Å². The lowest BCUT2D eigenvalue weighted by atomic mass is 9.83. The Labute approximate surface area is 179 Å². The Morgan fingerprint density at radius 1 is 1.06 bits per heavy atom. The fourth-order valence-corrected chi connectivity index (χ4v) is 4.75. The van der Waals surface area contributed by atoms with Crippen molar-refractivity contribution < 1.29 is 9.53 Å². The first kappa shape index (κ1) is 18.3. The molecule has 1 spiro atoms. The molecule has 0 aliphatic carbocycles. The molecule has 4 aromatic rings. The number of carbonyl (C=O) groups is 1. The van der Waals surface area contributed by atoms with Crippen molar-refractivity contribution in [3.05, 3.63) is 78.0 Å². The van der Waals surface area contributed by atoms with E-state index in [2.05, 4.69) is 28.5 Å². The minimum absolute atomic E-state index is 0.0145. The average molecular weight is 414 g/mol. The van der Waals surface area contributed by atoms with Gasteiger partial charge < -0.3 is 9.64 Å². The highest BCUT2D eigenvalue weighted by atomic mass is 16.5. The maximum absolute atomic E-state index is 13.2. The summed E-state index contributed by atoms with van der Waals surface area (Å²) < 4.78 is 10.1. The van der Waals surface area contributed by atoms with Crippen LogP contribution < -0.4 is 0 Å². The number of para-hydroxylation sites is 1. The van der Waals surface area contributed by atoms with Gasteiger partial charge in [0.1, 0.15) is 11.9 Å². The molecular formula is C23H22N6O2. The Balaban J connectivity index is 1.26. The molecule has 1 amide bonds. The van der Waals surface area contributed by atoms with E-state index in [1.165, 1.54) is 5.56 Å². The van der Waals surface area contributed by atoms with Crippen LogP contribution in [0, 0.1) is 0 Å². The molecule has 0 unspecified atom stereocenters. The Morgan fingerprint density at radius 3 is 2.74 bits per heavy atom. The van der Waals surface area contributed by atoms with Crippen molar-refractivity contribution in [3.8, 4) is 5.69 Å². The molecule has 2 aliphatic rings. The van der Waals surface area contributed by atoms with Gasteiger partial charge in [-0.1, -0.05) is 18.2 Å². The van der Waals surface area contributed by atoms with E-state index in [0.29, 0.717) is 30.9 Å². The zero-order chi connectivity index (χ0) is 20.8. The van der Waals surface area contributed by atoms with Gasteiger partial charge in [0, 0.05) is 25.5 Å². The number of carbonyl (C=O) groups excluding carboxylic acids is 1. The van der Waals surface area contributed by atoms with Gasteiger partial charge in [0.15, 0.2) is 5.65 Å². The molecule has 0 bridgehead atoms. The number of piperidine rings is 1. The van der Waals surface area contributed by atoms with Gasteiger partial charge in [-0.15, -0.1) is 10.2 Å². The third kappa shape index (κ3) is 2.94. The lowest BCUT2D eigenvalue weighted by Gasteiger charge is -2.43. The summed E-state index contributed by atoms with van der Waals surface area (Å²) in [4.78, 5) is 15.1. The van der Waals surface area contributed by atoms with E-state index >= 15 is 0 Å². The standard InChI is InChI=1S/C23H22N6O2/c30-22(19-7-4-11-28-16-24-25-21(19)28)27-12-9-23(10-13-27)20-17(8-14-31-23)15-29(26-20)18-5-2-1-3-6-18/h1-7,11,15-16H,8-10,12-14H2. The first-order valence-electron chi connectivity index (χ1n) is 10.6. The summed E-state index contributed by atoms with van der Waals surface area (Å²) in [5, 5.41) is 13.0. The minimum atomic E-state index is -0.425. The third-order valence-corrected chi connectivity index (χ3v) is 6.40. The van der Waals surface area contributed by atoms with Crippen molar-refractivity contribution >= 4 is 11.6 Å². The summed E-state index contributed by atoms with van der Waals surface area (Å²) in [6.45, 7) is 1.91. The van der Waals surface area contributed by atoms with Crippen LogP contribution in [-0.4, -0.2) is 54.9 Å². The zero-order valence-corrected chi connectivity index (χ0v) is 17.0. The maximum atomic E-state index is 13.2. The second-order valence-corrected chi connectivity index (χ2v) is 8.15. The van der Waals surface area contributed by atoms with Gasteiger partial charge in [0.2, 0.25) is 0 Å². The Morgan fingerprint density at radius 2 is 1.90 bits per heavy atom. The molecule has 2 aliphatic heterocycles. The molecule has 8 nitrogen and oxygen atoms in total. The van der Waals surface area contributed by atoms with E-state index in [-0.39, 0.29) is 5.91 Å². The highest BCUT2D eigenvalue weighted by Crippen LogP contribution is 2.41. The highest BCUT2D eigenvalue weighted by Gasteiger charge is 2.44. The van der Waals surface area contributed by atoms with E-state index in [1.807, 2.05) is 46.1 Å². The summed E-state index contributed by atoms with van der Waals surface area (Å²) in [5.41, 5.74) is 4.05. The third-order valence-electron chi connectivity index (χ3n) is 6.40. The van der Waals surface area contributed by atoms with Crippen LogP contribution in [0.25, 0.3) is 11.3 Å². The van der Waals surface area contributed by atoms with Crippen LogP contribution in [0.1, 0.15) is 34.5 Å². The summed E-state index contributed by atoms with van der Waals surface area (Å²) in [7, 11) is 0. The molecule has 0 N–H and O–H groups in total. The lowest BCUT2D eigenvalue weighted by molar-refractivity contribution is -0.0963. The highest BCUT2D eigenvalue weighted by molar-refractivity contribution is 5.99. The molecule has 8 heteroatoms. The van der Waals surface area contributed by atoms with Crippen LogP contribution in [0.15, 0.2) is 61.2 Å². The molecule has 0 atom stereocenters. The van der Waals surface area contributed by atoms with Gasteiger partial charge in [-0.25, -0.2) is 4.68 Å². The molecule has 1 saturated heterocycles. The summed E-state index contributed by atoms with van der Waals surface area (Å²) in [6, 6.07) is 13.8. The fraction of sp³-hybridized carbons (Fsp3) is 0.304. The van der Waals surface area contributed by atoms with Gasteiger partial charge in [-0.3, -0.25) is 9.20 Å². The number of pyridine rings is 1. The van der Waals surface area contributed by atoms with Crippen molar-refractivity contribution in [1.82, 2.24) is 29.3 Å². The van der Waals surface area contributed by atoms with Crippen LogP contribution >= 0.6 is 0 Å². The second kappa shape index (κ2) is 7.02. The normalized spacial score (nSPS) is 17.7. The number of hydrogen-bond acceptors (Lipinski definition) is 5. The Hall–Kier alpha value is -3.52. The van der Waals surface area contributed by atoms with Crippen LogP contribution in [0.5, 0.6) is 0 Å². The average Bonchev–Trinajstić information content (AvgIpc) is 3.48. The molecule has 0 saturated carbocycles. The number of fused-ring (bicyclic) bond motifs is 3. The first-order chi connectivity index (χ1) is 15.2. The number of ether oxygens (including phenoxy) is 1. The summed E-state index contributed by atoms with van der Waals surface area (Å²) in [6.07, 6.45) is 7.90. The van der Waals surface area contributed by atoms with Gasteiger partial charge >= 0.3 is 0 Å². The maximum Gasteiger partial charge on any atom is 0.257 e. The van der Waals surface area contributed by atoms with E-state index in [1.54, 1.807) is 10.7 Å². The number of nitrogens with zero attached hydrogens (tertiary/aromatic N) is 6. The minimum Gasteiger partial charge on any atom is -0.368 e. The van der Waals surface area contributed by atoms with E-state index in [4.69, 9.17) is 9.84 Å². The molecule has 3 aromatic heterocycles. The van der Waals surface area contributed by atoms with Gasteiger partial charge in [0.05, 0.1) is 23.6 Å². The fourth-order valence-electron chi connectivity index (χ4n) is 4.75. The van der Waals surface area contributed by atoms with E-state index in [0.717, 1.165) is 30.6 Å². The van der Waals surface area contributed by atoms with Gasteiger partial charge in [-0.2, -0.15) is 5.10 Å². The molecule has 6 rings (SSSR count). The lowest BCUT2D eigenvalue weighted by Crippen LogP contribution is -2.48. The van der Waals surface area contributed by atoms with Crippen molar-refractivity contribution in [2.75, 3.05) is 19.7 Å². The molecule has 156 valence electrons. The van der Waals surface area contributed by atoms with Crippen molar-refractivity contribution in [1.29, 1.82) is 0 Å². The number of rotatable bonds is 2. The Bertz CT molecular complexity index is 1250. The summed E-state index contributed by atoms with van der Waals surface area (Å²) >= 11 is 0. The van der Waals surface area contributed by atoms with Crippen LogP contribution in [0.4, 0.5) is 0 Å². The predicted octanol–water partition coefficient (Wildman–Crippen LogP) is 2.62. The number of hydrogen-bond donors (Lipinski definition) is 0. The van der Waals surface area contributed by atoms with Crippen LogP contribution in [-0.2, 0) is 16.8 Å². The molecule has 5 heterocycles. The molecule has 0 radical (unpaired) electrons. The summed E-state index contributed by atoms with van der Waals surface area (Å²) in [5.74, 6) is -0.0145. The molecule has 1 aromatic carbocycles. The van der Waals surface area contributed by atoms with Gasteiger partial charge in [0.25, 0.3) is 5.91 Å². The largest absolute Gasteiger partial charge is 0.368 e. The van der Waals surface area contributed by atoms with Crippen molar-refractivity contribution in [2.45, 2.75) is 24.9 Å². The number of benzene rings is 1. The number of aromatic nitrogens is 5. The monoisotopic (exact) mass is 414 g/mol. The predicted molar refractivity (Wildman–Crippen MR) is 113 cm³/mol. The molecular weight excluding hydrogens is 392 g/mol. The zero-order valence-electron chi connectivity index (χ0n) is 17.0.